The first-order valence-corrected chi connectivity index (χ1v) is 10.5. The molecule has 1 fully saturated rings. The van der Waals surface area contributed by atoms with Crippen LogP contribution in [0.2, 0.25) is 5.02 Å². The summed E-state index contributed by atoms with van der Waals surface area (Å²) in [7, 11) is -3.71. The summed E-state index contributed by atoms with van der Waals surface area (Å²) in [5.41, 5.74) is 0.431. The SMILES string of the molecule is O=C(CNc1ccc([N+](=O)[O-])cc1Cl)c1cccc(S(=O)(=O)N2CCOCC2)c1. The van der Waals surface area contributed by atoms with Crippen molar-refractivity contribution >= 4 is 38.8 Å². The van der Waals surface area contributed by atoms with Gasteiger partial charge in [0.25, 0.3) is 5.69 Å². The molecule has 1 N–H and O–H groups in total. The van der Waals surface area contributed by atoms with E-state index in [2.05, 4.69) is 5.32 Å². The molecular weight excluding hydrogens is 422 g/mol. The number of hydrogen-bond acceptors (Lipinski definition) is 7. The van der Waals surface area contributed by atoms with Gasteiger partial charge >= 0.3 is 0 Å². The Kier molecular flexibility index (Phi) is 6.48. The number of Topliss-reactive ketones (excluding diaryl/α,β-unsaturated/α-hetero) is 1. The summed E-state index contributed by atoms with van der Waals surface area (Å²) < 4.78 is 32.0. The zero-order valence-corrected chi connectivity index (χ0v) is 16.8. The van der Waals surface area contributed by atoms with Crippen LogP contribution in [0.15, 0.2) is 47.4 Å². The number of carbonyl (C=O) groups is 1. The van der Waals surface area contributed by atoms with Gasteiger partial charge in [-0.25, -0.2) is 8.42 Å². The van der Waals surface area contributed by atoms with Crippen LogP contribution < -0.4 is 5.32 Å². The lowest BCUT2D eigenvalue weighted by molar-refractivity contribution is -0.384. The minimum absolute atomic E-state index is 0.0404. The first-order valence-electron chi connectivity index (χ1n) is 8.68. The van der Waals surface area contributed by atoms with Gasteiger partial charge in [0.05, 0.1) is 40.3 Å². The van der Waals surface area contributed by atoms with Crippen molar-refractivity contribution in [3.05, 3.63) is 63.2 Å². The van der Waals surface area contributed by atoms with E-state index in [1.54, 1.807) is 0 Å². The van der Waals surface area contributed by atoms with Crippen LogP contribution in [0.5, 0.6) is 0 Å². The summed E-state index contributed by atoms with van der Waals surface area (Å²) in [6.45, 7) is 1.04. The lowest BCUT2D eigenvalue weighted by Gasteiger charge is -2.26. The van der Waals surface area contributed by atoms with E-state index < -0.39 is 14.9 Å². The smallest absolute Gasteiger partial charge is 0.271 e. The molecule has 0 unspecified atom stereocenters. The quantitative estimate of drug-likeness (QED) is 0.400. The number of hydrogen-bond donors (Lipinski definition) is 1. The third-order valence-corrected chi connectivity index (χ3v) is 6.57. The molecule has 0 aromatic heterocycles. The summed E-state index contributed by atoms with van der Waals surface area (Å²) >= 11 is 6.00. The van der Waals surface area contributed by atoms with Crippen LogP contribution in [0, 0.1) is 10.1 Å². The van der Waals surface area contributed by atoms with Gasteiger partial charge in [0, 0.05) is 30.8 Å². The normalized spacial score (nSPS) is 15.1. The Bertz CT molecular complexity index is 1040. The number of ketones is 1. The Morgan fingerprint density at radius 3 is 2.59 bits per heavy atom. The summed E-state index contributed by atoms with van der Waals surface area (Å²) in [6.07, 6.45) is 0. The number of nitrogens with zero attached hydrogens (tertiary/aromatic N) is 2. The third-order valence-electron chi connectivity index (χ3n) is 4.37. The predicted octanol–water partition coefficient (Wildman–Crippen LogP) is 2.56. The number of carbonyl (C=O) groups excluding carboxylic acids is 1. The molecule has 0 radical (unpaired) electrons. The number of ether oxygens (including phenoxy) is 1. The minimum atomic E-state index is -3.71. The maximum Gasteiger partial charge on any atom is 0.271 e. The van der Waals surface area contributed by atoms with E-state index in [0.717, 1.165) is 0 Å². The molecule has 1 aliphatic rings. The molecule has 1 heterocycles. The Balaban J connectivity index is 1.72. The van der Waals surface area contributed by atoms with E-state index in [4.69, 9.17) is 16.3 Å². The maximum atomic E-state index is 12.7. The summed E-state index contributed by atoms with van der Waals surface area (Å²) in [4.78, 5) is 22.7. The van der Waals surface area contributed by atoms with Crippen LogP contribution in [0.1, 0.15) is 10.4 Å². The summed E-state index contributed by atoms with van der Waals surface area (Å²) in [5, 5.41) is 13.7. The molecule has 1 aliphatic heterocycles. The van der Waals surface area contributed by atoms with Crippen molar-refractivity contribution in [3.63, 3.8) is 0 Å². The zero-order valence-electron chi connectivity index (χ0n) is 15.2. The number of morpholine rings is 1. The molecule has 1 saturated heterocycles. The second kappa shape index (κ2) is 8.87. The van der Waals surface area contributed by atoms with Gasteiger partial charge in [-0.15, -0.1) is 0 Å². The number of anilines is 1. The fraction of sp³-hybridized carbons (Fsp3) is 0.278. The molecule has 2 aromatic carbocycles. The van der Waals surface area contributed by atoms with Crippen LogP contribution in [-0.2, 0) is 14.8 Å². The maximum absolute atomic E-state index is 12.7. The van der Waals surface area contributed by atoms with E-state index in [0.29, 0.717) is 18.9 Å². The summed E-state index contributed by atoms with van der Waals surface area (Å²) in [6, 6.07) is 9.69. The molecule has 2 aromatic rings. The number of nitro benzene ring substituents is 1. The molecule has 3 rings (SSSR count). The van der Waals surface area contributed by atoms with Crippen molar-refractivity contribution < 1.29 is 22.9 Å². The first kappa shape index (κ1) is 21.2. The molecule has 9 nitrogen and oxygen atoms in total. The predicted molar refractivity (Wildman–Crippen MR) is 107 cm³/mol. The van der Waals surface area contributed by atoms with Crippen molar-refractivity contribution in [3.8, 4) is 0 Å². The van der Waals surface area contributed by atoms with Crippen LogP contribution in [0.4, 0.5) is 11.4 Å². The number of sulfonamides is 1. The minimum Gasteiger partial charge on any atom is -0.379 e. The van der Waals surface area contributed by atoms with Crippen molar-refractivity contribution in [2.24, 2.45) is 0 Å². The monoisotopic (exact) mass is 439 g/mol. The number of benzene rings is 2. The summed E-state index contributed by atoms with van der Waals surface area (Å²) in [5.74, 6) is -0.349. The van der Waals surface area contributed by atoms with E-state index in [1.807, 2.05) is 0 Å². The van der Waals surface area contributed by atoms with Gasteiger partial charge in [-0.3, -0.25) is 14.9 Å². The van der Waals surface area contributed by atoms with Crippen LogP contribution >= 0.6 is 11.6 Å². The molecule has 154 valence electrons. The average Bonchev–Trinajstić information content (AvgIpc) is 2.73. The average molecular weight is 440 g/mol. The van der Waals surface area contributed by atoms with Gasteiger partial charge in [-0.2, -0.15) is 4.31 Å². The third kappa shape index (κ3) is 4.91. The van der Waals surface area contributed by atoms with Gasteiger partial charge in [0.2, 0.25) is 10.0 Å². The highest BCUT2D eigenvalue weighted by Crippen LogP contribution is 2.26. The van der Waals surface area contributed by atoms with Gasteiger partial charge in [0.1, 0.15) is 0 Å². The fourth-order valence-corrected chi connectivity index (χ4v) is 4.50. The lowest BCUT2D eigenvalue weighted by Crippen LogP contribution is -2.40. The van der Waals surface area contributed by atoms with Gasteiger partial charge in [-0.05, 0) is 18.2 Å². The highest BCUT2D eigenvalue weighted by Gasteiger charge is 2.26. The van der Waals surface area contributed by atoms with Crippen molar-refractivity contribution in [2.75, 3.05) is 38.2 Å². The molecular formula is C18H18ClN3O6S. The van der Waals surface area contributed by atoms with E-state index in [-0.39, 0.29) is 46.6 Å². The molecule has 11 heteroatoms. The van der Waals surface area contributed by atoms with Crippen molar-refractivity contribution in [1.29, 1.82) is 0 Å². The molecule has 29 heavy (non-hydrogen) atoms. The Morgan fingerprint density at radius 1 is 1.21 bits per heavy atom. The molecule has 0 spiro atoms. The Morgan fingerprint density at radius 2 is 1.93 bits per heavy atom. The molecule has 0 saturated carbocycles. The Hall–Kier alpha value is -2.53. The largest absolute Gasteiger partial charge is 0.379 e. The van der Waals surface area contributed by atoms with Crippen LogP contribution in [0.3, 0.4) is 0 Å². The molecule has 0 atom stereocenters. The number of halogens is 1. The van der Waals surface area contributed by atoms with E-state index in [9.17, 15) is 23.3 Å². The van der Waals surface area contributed by atoms with E-state index in [1.165, 1.54) is 46.8 Å². The van der Waals surface area contributed by atoms with Gasteiger partial charge in [-0.1, -0.05) is 23.7 Å². The second-order valence-corrected chi connectivity index (χ2v) is 8.59. The fourth-order valence-electron chi connectivity index (χ4n) is 2.80. The lowest BCUT2D eigenvalue weighted by atomic mass is 10.1. The number of nitrogens with one attached hydrogen (secondary N) is 1. The van der Waals surface area contributed by atoms with Crippen LogP contribution in [-0.4, -0.2) is 56.3 Å². The number of rotatable bonds is 7. The van der Waals surface area contributed by atoms with Crippen molar-refractivity contribution in [1.82, 2.24) is 4.31 Å². The number of nitro groups is 1. The highest BCUT2D eigenvalue weighted by atomic mass is 35.5. The van der Waals surface area contributed by atoms with Gasteiger partial charge in [0.15, 0.2) is 5.78 Å². The van der Waals surface area contributed by atoms with Gasteiger partial charge < -0.3 is 10.1 Å². The van der Waals surface area contributed by atoms with Crippen molar-refractivity contribution in [2.45, 2.75) is 4.90 Å². The number of non-ortho nitro benzene ring substituents is 1. The topological polar surface area (TPSA) is 119 Å². The first-order chi connectivity index (χ1) is 13.8. The Labute approximate surface area is 172 Å². The van der Waals surface area contributed by atoms with Crippen LogP contribution in [0.25, 0.3) is 0 Å². The second-order valence-electron chi connectivity index (χ2n) is 6.24. The standard InChI is InChI=1S/C18H18ClN3O6S/c19-16-11-14(22(24)25)4-5-17(16)20-12-18(23)13-2-1-3-15(10-13)29(26,27)21-6-8-28-9-7-21/h1-5,10-11,20H,6-9,12H2. The highest BCUT2D eigenvalue weighted by molar-refractivity contribution is 7.89. The van der Waals surface area contributed by atoms with E-state index >= 15 is 0 Å². The molecule has 0 aliphatic carbocycles. The molecule has 0 bridgehead atoms. The zero-order chi connectivity index (χ0) is 21.0. The molecule has 0 amide bonds.